The van der Waals surface area contributed by atoms with Crippen LogP contribution in [0.25, 0.3) is 0 Å². The fourth-order valence-electron chi connectivity index (χ4n) is 2.17. The van der Waals surface area contributed by atoms with Crippen molar-refractivity contribution in [3.63, 3.8) is 0 Å². The molecule has 0 saturated heterocycles. The van der Waals surface area contributed by atoms with E-state index in [0.717, 1.165) is 10.0 Å². The van der Waals surface area contributed by atoms with Gasteiger partial charge in [0.05, 0.1) is 0 Å². The van der Waals surface area contributed by atoms with Crippen molar-refractivity contribution < 1.29 is 4.79 Å². The molecule has 22 heavy (non-hydrogen) atoms. The lowest BCUT2D eigenvalue weighted by Gasteiger charge is -2.15. The second kappa shape index (κ2) is 8.36. The predicted molar refractivity (Wildman–Crippen MR) is 95.5 cm³/mol. The summed E-state index contributed by atoms with van der Waals surface area (Å²) < 4.78 is 2.83. The lowest BCUT2D eigenvalue weighted by molar-refractivity contribution is 0.0940. The Morgan fingerprint density at radius 3 is 2.55 bits per heavy atom. The zero-order valence-corrected chi connectivity index (χ0v) is 15.0. The number of hydrogen-bond donors (Lipinski definition) is 2. The molecule has 1 unspecified atom stereocenters. The van der Waals surface area contributed by atoms with Gasteiger partial charge in [-0.05, 0) is 41.4 Å². The van der Waals surface area contributed by atoms with Gasteiger partial charge in [0.1, 0.15) is 5.69 Å². The van der Waals surface area contributed by atoms with E-state index >= 15 is 0 Å². The molecule has 2 aromatic rings. The van der Waals surface area contributed by atoms with Crippen molar-refractivity contribution in [1.29, 1.82) is 0 Å². The minimum absolute atomic E-state index is 0. The number of carbonyl (C=O) groups is 1. The number of aromatic nitrogens is 1. The second-order valence-corrected chi connectivity index (χ2v) is 6.19. The molecule has 0 aliphatic heterocycles. The molecule has 0 spiro atoms. The summed E-state index contributed by atoms with van der Waals surface area (Å²) >= 11 is 3.41. The molecule has 120 valence electrons. The van der Waals surface area contributed by atoms with Crippen molar-refractivity contribution in [3.05, 3.63) is 58.3 Å². The Labute approximate surface area is 145 Å². The summed E-state index contributed by atoms with van der Waals surface area (Å²) in [6.07, 6.45) is 1.91. The van der Waals surface area contributed by atoms with E-state index in [1.807, 2.05) is 61.0 Å². The SMILES string of the molecule is CC(C)n1cc(Br)cc1C(=O)NCC(N)c1ccccc1.Cl. The van der Waals surface area contributed by atoms with E-state index < -0.39 is 0 Å². The molecule has 0 saturated carbocycles. The smallest absolute Gasteiger partial charge is 0.268 e. The van der Waals surface area contributed by atoms with Crippen molar-refractivity contribution >= 4 is 34.2 Å². The molecule has 0 aliphatic rings. The van der Waals surface area contributed by atoms with Crippen LogP contribution in [0.3, 0.4) is 0 Å². The van der Waals surface area contributed by atoms with Crippen LogP contribution in [-0.4, -0.2) is 17.0 Å². The standard InChI is InChI=1S/C16H20BrN3O.ClH/c1-11(2)20-10-13(17)8-15(20)16(21)19-9-14(18)12-6-4-3-5-7-12;/h3-8,10-11,14H,9,18H2,1-2H3,(H,19,21);1H. The third kappa shape index (κ3) is 4.60. The molecule has 0 bridgehead atoms. The zero-order valence-electron chi connectivity index (χ0n) is 12.6. The second-order valence-electron chi connectivity index (χ2n) is 5.27. The molecule has 4 nitrogen and oxygen atoms in total. The molecule has 6 heteroatoms. The van der Waals surface area contributed by atoms with Crippen molar-refractivity contribution in [2.24, 2.45) is 5.73 Å². The molecule has 1 aromatic heterocycles. The maximum atomic E-state index is 12.3. The average Bonchev–Trinajstić information content (AvgIpc) is 2.87. The van der Waals surface area contributed by atoms with E-state index in [4.69, 9.17) is 5.73 Å². The van der Waals surface area contributed by atoms with Gasteiger partial charge in [0.15, 0.2) is 0 Å². The van der Waals surface area contributed by atoms with Gasteiger partial charge in [-0.2, -0.15) is 0 Å². The fraction of sp³-hybridized carbons (Fsp3) is 0.312. The third-order valence-corrected chi connectivity index (χ3v) is 3.75. The molecule has 0 radical (unpaired) electrons. The summed E-state index contributed by atoms with van der Waals surface area (Å²) in [5.41, 5.74) is 7.74. The number of benzene rings is 1. The highest BCUT2D eigenvalue weighted by atomic mass is 79.9. The monoisotopic (exact) mass is 385 g/mol. The first-order valence-corrected chi connectivity index (χ1v) is 7.74. The van der Waals surface area contributed by atoms with Gasteiger partial charge in [0, 0.05) is 29.3 Å². The van der Waals surface area contributed by atoms with E-state index in [9.17, 15) is 4.79 Å². The van der Waals surface area contributed by atoms with Gasteiger partial charge in [-0.1, -0.05) is 30.3 Å². The predicted octanol–water partition coefficient (Wildman–Crippen LogP) is 3.68. The molecule has 3 N–H and O–H groups in total. The van der Waals surface area contributed by atoms with Crippen molar-refractivity contribution in [2.45, 2.75) is 25.9 Å². The Hall–Kier alpha value is -1.30. The van der Waals surface area contributed by atoms with Gasteiger partial charge in [0.2, 0.25) is 0 Å². The molecule has 1 heterocycles. The molecular weight excluding hydrogens is 366 g/mol. The molecule has 2 rings (SSSR count). The number of rotatable bonds is 5. The van der Waals surface area contributed by atoms with Crippen molar-refractivity contribution in [2.75, 3.05) is 6.54 Å². The van der Waals surface area contributed by atoms with E-state index in [0.29, 0.717) is 12.2 Å². The normalized spacial score (nSPS) is 11.9. The first-order chi connectivity index (χ1) is 9.99. The quantitative estimate of drug-likeness (QED) is 0.823. The lowest BCUT2D eigenvalue weighted by Crippen LogP contribution is -2.33. The maximum absolute atomic E-state index is 12.3. The highest BCUT2D eigenvalue weighted by Crippen LogP contribution is 2.19. The summed E-state index contributed by atoms with van der Waals surface area (Å²) in [4.78, 5) is 12.3. The Kier molecular flexibility index (Phi) is 7.13. The molecule has 1 aromatic carbocycles. The van der Waals surface area contributed by atoms with Crippen LogP contribution in [0, 0.1) is 0 Å². The highest BCUT2D eigenvalue weighted by Gasteiger charge is 2.16. The number of halogens is 2. The van der Waals surface area contributed by atoms with E-state index in [1.54, 1.807) is 0 Å². The Morgan fingerprint density at radius 1 is 1.32 bits per heavy atom. The Bertz CT molecular complexity index is 613. The van der Waals surface area contributed by atoms with Crippen LogP contribution in [0.1, 0.15) is 42.0 Å². The minimum atomic E-state index is -0.207. The van der Waals surface area contributed by atoms with E-state index in [1.165, 1.54) is 0 Å². The van der Waals surface area contributed by atoms with Crippen LogP contribution in [0.2, 0.25) is 0 Å². The van der Waals surface area contributed by atoms with Gasteiger partial charge in [-0.3, -0.25) is 4.79 Å². The van der Waals surface area contributed by atoms with Gasteiger partial charge in [-0.15, -0.1) is 12.4 Å². The van der Waals surface area contributed by atoms with E-state index in [2.05, 4.69) is 21.2 Å². The summed E-state index contributed by atoms with van der Waals surface area (Å²) in [6, 6.07) is 11.6. The highest BCUT2D eigenvalue weighted by molar-refractivity contribution is 9.10. The Balaban J connectivity index is 0.00000242. The zero-order chi connectivity index (χ0) is 15.4. The van der Waals surface area contributed by atoms with Gasteiger partial charge >= 0.3 is 0 Å². The molecule has 1 amide bonds. The average molecular weight is 387 g/mol. The number of carbonyl (C=O) groups excluding carboxylic acids is 1. The van der Waals surface area contributed by atoms with Crippen molar-refractivity contribution in [3.8, 4) is 0 Å². The molecule has 0 fully saturated rings. The summed E-state index contributed by atoms with van der Waals surface area (Å²) in [7, 11) is 0. The summed E-state index contributed by atoms with van der Waals surface area (Å²) in [5, 5.41) is 2.90. The van der Waals surface area contributed by atoms with Gasteiger partial charge < -0.3 is 15.6 Å². The van der Waals surface area contributed by atoms with Gasteiger partial charge in [-0.25, -0.2) is 0 Å². The van der Waals surface area contributed by atoms with Crippen LogP contribution in [0.5, 0.6) is 0 Å². The van der Waals surface area contributed by atoms with Crippen LogP contribution in [0.15, 0.2) is 47.1 Å². The maximum Gasteiger partial charge on any atom is 0.268 e. The number of hydrogen-bond acceptors (Lipinski definition) is 2. The minimum Gasteiger partial charge on any atom is -0.349 e. The molecule has 1 atom stereocenters. The number of amides is 1. The molecule has 0 aliphatic carbocycles. The van der Waals surface area contributed by atoms with Gasteiger partial charge in [0.25, 0.3) is 5.91 Å². The third-order valence-electron chi connectivity index (χ3n) is 3.31. The summed E-state index contributed by atoms with van der Waals surface area (Å²) in [6.45, 7) is 4.49. The molecular formula is C16H21BrClN3O. The number of nitrogens with zero attached hydrogens (tertiary/aromatic N) is 1. The fourth-order valence-corrected chi connectivity index (χ4v) is 2.60. The topological polar surface area (TPSA) is 60.0 Å². The Morgan fingerprint density at radius 2 is 1.95 bits per heavy atom. The first-order valence-electron chi connectivity index (χ1n) is 6.95. The van der Waals surface area contributed by atoms with Crippen LogP contribution in [-0.2, 0) is 0 Å². The lowest BCUT2D eigenvalue weighted by atomic mass is 10.1. The number of nitrogens with two attached hydrogens (primary N) is 1. The largest absolute Gasteiger partial charge is 0.349 e. The number of nitrogens with one attached hydrogen (secondary N) is 1. The van der Waals surface area contributed by atoms with Crippen molar-refractivity contribution in [1.82, 2.24) is 9.88 Å². The van der Waals surface area contributed by atoms with Crippen LogP contribution >= 0.6 is 28.3 Å². The van der Waals surface area contributed by atoms with Crippen LogP contribution in [0.4, 0.5) is 0 Å². The van der Waals surface area contributed by atoms with E-state index in [-0.39, 0.29) is 30.4 Å². The van der Waals surface area contributed by atoms with Crippen LogP contribution < -0.4 is 11.1 Å². The first kappa shape index (κ1) is 18.7. The summed E-state index contributed by atoms with van der Waals surface area (Å²) in [5.74, 6) is -0.110.